The molecule has 0 fully saturated rings. The summed E-state index contributed by atoms with van der Waals surface area (Å²) in [7, 11) is 0. The largest absolute Gasteiger partial charge is 0.326 e. The van der Waals surface area contributed by atoms with E-state index in [4.69, 9.17) is 5.73 Å². The first kappa shape index (κ1) is 9.21. The third-order valence-corrected chi connectivity index (χ3v) is 2.62. The molecule has 0 aliphatic rings. The molecule has 0 saturated carbocycles. The summed E-state index contributed by atoms with van der Waals surface area (Å²) in [6, 6.07) is 4.05. The Kier molecular flexibility index (Phi) is 2.25. The molecule has 2 aromatic heterocycles. The van der Waals surface area contributed by atoms with E-state index in [-0.39, 0.29) is 0 Å². The zero-order valence-corrected chi connectivity index (χ0v) is 8.62. The molecular formula is C11H15N3. The predicted octanol–water partition coefficient (Wildman–Crippen LogP) is 1.66. The summed E-state index contributed by atoms with van der Waals surface area (Å²) in [4.78, 5) is 4.58. The molecule has 2 aromatic rings. The minimum Gasteiger partial charge on any atom is -0.326 e. The zero-order valence-electron chi connectivity index (χ0n) is 8.62. The Labute approximate surface area is 83.6 Å². The summed E-state index contributed by atoms with van der Waals surface area (Å²) in [6.45, 7) is 4.76. The van der Waals surface area contributed by atoms with Gasteiger partial charge in [-0.1, -0.05) is 13.0 Å². The molecule has 0 aliphatic carbocycles. The Bertz CT molecular complexity index is 457. The number of nitrogens with zero attached hydrogens (tertiary/aromatic N) is 2. The molecule has 0 spiro atoms. The molecule has 74 valence electrons. The van der Waals surface area contributed by atoms with Crippen LogP contribution >= 0.6 is 0 Å². The molecule has 0 atom stereocenters. The van der Waals surface area contributed by atoms with Crippen LogP contribution in [0.4, 0.5) is 0 Å². The van der Waals surface area contributed by atoms with Crippen LogP contribution in [0.1, 0.15) is 23.9 Å². The van der Waals surface area contributed by atoms with Gasteiger partial charge in [0.25, 0.3) is 0 Å². The lowest BCUT2D eigenvalue weighted by Crippen LogP contribution is -1.99. The molecule has 0 saturated heterocycles. The first-order valence-corrected chi connectivity index (χ1v) is 4.93. The highest BCUT2D eigenvalue weighted by atomic mass is 15.0. The monoisotopic (exact) mass is 189 g/mol. The summed E-state index contributed by atoms with van der Waals surface area (Å²) in [5.74, 6) is 0. The molecule has 0 amide bonds. The van der Waals surface area contributed by atoms with Crippen LogP contribution in [0, 0.1) is 6.92 Å². The average molecular weight is 189 g/mol. The van der Waals surface area contributed by atoms with Crippen molar-refractivity contribution in [3.05, 3.63) is 35.3 Å². The second-order valence-corrected chi connectivity index (χ2v) is 3.43. The summed E-state index contributed by atoms with van der Waals surface area (Å²) in [5, 5.41) is 0. The average Bonchev–Trinajstić information content (AvgIpc) is 2.55. The molecule has 3 heteroatoms. The van der Waals surface area contributed by atoms with Crippen molar-refractivity contribution in [3.8, 4) is 0 Å². The highest BCUT2D eigenvalue weighted by molar-refractivity contribution is 5.50. The van der Waals surface area contributed by atoms with Gasteiger partial charge in [0.15, 0.2) is 0 Å². The zero-order chi connectivity index (χ0) is 10.1. The number of aromatic nitrogens is 2. The van der Waals surface area contributed by atoms with Crippen molar-refractivity contribution < 1.29 is 0 Å². The quantitative estimate of drug-likeness (QED) is 0.780. The molecule has 2 heterocycles. The van der Waals surface area contributed by atoms with Crippen LogP contribution in [0.3, 0.4) is 0 Å². The van der Waals surface area contributed by atoms with Crippen LogP contribution in [0.5, 0.6) is 0 Å². The molecule has 2 N–H and O–H groups in total. The molecule has 3 nitrogen and oxygen atoms in total. The Morgan fingerprint density at radius 2 is 2.29 bits per heavy atom. The van der Waals surface area contributed by atoms with Crippen molar-refractivity contribution in [1.29, 1.82) is 0 Å². The topological polar surface area (TPSA) is 43.3 Å². The number of nitrogens with two attached hydrogens (primary N) is 1. The Morgan fingerprint density at radius 1 is 1.50 bits per heavy atom. The number of pyridine rings is 1. The van der Waals surface area contributed by atoms with Crippen LogP contribution in [0.2, 0.25) is 0 Å². The van der Waals surface area contributed by atoms with Crippen LogP contribution in [0.15, 0.2) is 18.3 Å². The fourth-order valence-corrected chi connectivity index (χ4v) is 1.78. The molecule has 0 aromatic carbocycles. The highest BCUT2D eigenvalue weighted by Crippen LogP contribution is 2.15. The third-order valence-electron chi connectivity index (χ3n) is 2.62. The number of imidazole rings is 1. The maximum atomic E-state index is 5.66. The minimum atomic E-state index is 0.546. The van der Waals surface area contributed by atoms with Crippen molar-refractivity contribution in [2.45, 2.75) is 26.8 Å². The summed E-state index contributed by atoms with van der Waals surface area (Å²) >= 11 is 0. The van der Waals surface area contributed by atoms with Gasteiger partial charge in [-0.05, 0) is 19.4 Å². The second kappa shape index (κ2) is 3.42. The summed E-state index contributed by atoms with van der Waals surface area (Å²) < 4.78 is 2.11. The SMILES string of the molecule is CCc1nc2c(CN)cccn2c1C. The maximum Gasteiger partial charge on any atom is 0.141 e. The van der Waals surface area contributed by atoms with E-state index in [2.05, 4.69) is 23.2 Å². The van der Waals surface area contributed by atoms with Crippen LogP contribution in [-0.4, -0.2) is 9.38 Å². The molecular weight excluding hydrogens is 174 g/mol. The Morgan fingerprint density at radius 3 is 2.93 bits per heavy atom. The van der Waals surface area contributed by atoms with Crippen LogP contribution in [-0.2, 0) is 13.0 Å². The number of fused-ring (bicyclic) bond motifs is 1. The van der Waals surface area contributed by atoms with Crippen molar-refractivity contribution in [2.24, 2.45) is 5.73 Å². The fourth-order valence-electron chi connectivity index (χ4n) is 1.78. The normalized spacial score (nSPS) is 11.1. The first-order chi connectivity index (χ1) is 6.77. The molecule has 0 unspecified atom stereocenters. The van der Waals surface area contributed by atoms with Crippen molar-refractivity contribution in [3.63, 3.8) is 0 Å². The summed E-state index contributed by atoms with van der Waals surface area (Å²) in [5.41, 5.74) is 10.2. The summed E-state index contributed by atoms with van der Waals surface area (Å²) in [6.07, 6.45) is 3.01. The lowest BCUT2D eigenvalue weighted by atomic mass is 10.3. The second-order valence-electron chi connectivity index (χ2n) is 3.43. The van der Waals surface area contributed by atoms with Crippen molar-refractivity contribution in [1.82, 2.24) is 9.38 Å². The predicted molar refractivity (Wildman–Crippen MR) is 57.2 cm³/mol. The standard InChI is InChI=1S/C11H15N3/c1-3-10-8(2)14-6-4-5-9(7-12)11(14)13-10/h4-6H,3,7,12H2,1-2H3. The molecule has 14 heavy (non-hydrogen) atoms. The van der Waals surface area contributed by atoms with E-state index in [1.54, 1.807) is 0 Å². The molecule has 2 rings (SSSR count). The van der Waals surface area contributed by atoms with Crippen LogP contribution < -0.4 is 5.73 Å². The number of aryl methyl sites for hydroxylation is 2. The van der Waals surface area contributed by atoms with Gasteiger partial charge >= 0.3 is 0 Å². The molecule has 0 aliphatic heterocycles. The van der Waals surface area contributed by atoms with Gasteiger partial charge in [0.05, 0.1) is 5.69 Å². The highest BCUT2D eigenvalue weighted by Gasteiger charge is 2.08. The van der Waals surface area contributed by atoms with Gasteiger partial charge in [-0.25, -0.2) is 4.98 Å². The lowest BCUT2D eigenvalue weighted by Gasteiger charge is -2.00. The van der Waals surface area contributed by atoms with E-state index in [0.29, 0.717) is 6.54 Å². The minimum absolute atomic E-state index is 0.546. The van der Waals surface area contributed by atoms with Gasteiger partial charge in [0, 0.05) is 24.0 Å². The third kappa shape index (κ3) is 1.21. The van der Waals surface area contributed by atoms with E-state index in [1.165, 1.54) is 5.69 Å². The number of hydrogen-bond donors (Lipinski definition) is 1. The first-order valence-electron chi connectivity index (χ1n) is 4.93. The van der Waals surface area contributed by atoms with E-state index >= 15 is 0 Å². The van der Waals surface area contributed by atoms with Crippen molar-refractivity contribution in [2.75, 3.05) is 0 Å². The maximum absolute atomic E-state index is 5.66. The smallest absolute Gasteiger partial charge is 0.141 e. The number of rotatable bonds is 2. The van der Waals surface area contributed by atoms with Gasteiger partial charge in [0.1, 0.15) is 5.65 Å². The van der Waals surface area contributed by atoms with E-state index in [0.717, 1.165) is 23.3 Å². The van der Waals surface area contributed by atoms with Gasteiger partial charge in [-0.15, -0.1) is 0 Å². The van der Waals surface area contributed by atoms with Crippen molar-refractivity contribution >= 4 is 5.65 Å². The Balaban J connectivity index is 2.77. The lowest BCUT2D eigenvalue weighted by molar-refractivity contribution is 1.01. The van der Waals surface area contributed by atoms with Gasteiger partial charge < -0.3 is 10.1 Å². The van der Waals surface area contributed by atoms with E-state index in [9.17, 15) is 0 Å². The Hall–Kier alpha value is -1.35. The van der Waals surface area contributed by atoms with Gasteiger partial charge in [0.2, 0.25) is 0 Å². The molecule has 0 bridgehead atoms. The fraction of sp³-hybridized carbons (Fsp3) is 0.364. The van der Waals surface area contributed by atoms with E-state index in [1.807, 2.05) is 18.3 Å². The molecule has 0 radical (unpaired) electrons. The van der Waals surface area contributed by atoms with E-state index < -0.39 is 0 Å². The van der Waals surface area contributed by atoms with Gasteiger partial charge in [-0.2, -0.15) is 0 Å². The van der Waals surface area contributed by atoms with Gasteiger partial charge in [-0.3, -0.25) is 0 Å². The number of hydrogen-bond acceptors (Lipinski definition) is 2. The van der Waals surface area contributed by atoms with Crippen LogP contribution in [0.25, 0.3) is 5.65 Å².